The lowest BCUT2D eigenvalue weighted by Crippen LogP contribution is -2.34. The topological polar surface area (TPSA) is 71.1 Å². The summed E-state index contributed by atoms with van der Waals surface area (Å²) < 4.78 is 23.9. The van der Waals surface area contributed by atoms with Gasteiger partial charge in [-0.1, -0.05) is 60.2 Å². The molecule has 6 heteroatoms. The minimum atomic E-state index is -0.575. The molecule has 2 heterocycles. The van der Waals surface area contributed by atoms with Crippen molar-refractivity contribution in [3.05, 3.63) is 95.6 Å². The van der Waals surface area contributed by atoms with E-state index < -0.39 is 36.4 Å². The minimum absolute atomic E-state index is 0.0531. The number of carbonyl (C=O) groups is 2. The van der Waals surface area contributed by atoms with Crippen molar-refractivity contribution in [2.75, 3.05) is 0 Å². The van der Waals surface area contributed by atoms with E-state index in [4.69, 9.17) is 18.9 Å². The highest BCUT2D eigenvalue weighted by molar-refractivity contribution is 6.00. The molecule has 0 radical (unpaired) electrons. The summed E-state index contributed by atoms with van der Waals surface area (Å²) in [5.74, 6) is -0.633. The van der Waals surface area contributed by atoms with Crippen molar-refractivity contribution < 1.29 is 28.5 Å². The van der Waals surface area contributed by atoms with Crippen LogP contribution in [-0.4, -0.2) is 24.5 Å². The van der Waals surface area contributed by atoms with Gasteiger partial charge < -0.3 is 18.9 Å². The van der Waals surface area contributed by atoms with Gasteiger partial charge >= 0.3 is 11.9 Å². The van der Waals surface area contributed by atoms with Crippen LogP contribution in [0.1, 0.15) is 41.4 Å². The van der Waals surface area contributed by atoms with E-state index in [2.05, 4.69) is 6.07 Å². The van der Waals surface area contributed by atoms with Gasteiger partial charge in [-0.3, -0.25) is 9.59 Å². The second-order valence-corrected chi connectivity index (χ2v) is 9.49. The monoisotopic (exact) mass is 470 g/mol. The van der Waals surface area contributed by atoms with Crippen LogP contribution in [0.2, 0.25) is 0 Å². The number of rotatable bonds is 5. The number of aryl methyl sites for hydroxylation is 1. The molecule has 178 valence electrons. The summed E-state index contributed by atoms with van der Waals surface area (Å²) in [6, 6.07) is 25.2. The molecule has 6 unspecified atom stereocenters. The normalized spacial score (nSPS) is 29.3. The fourth-order valence-corrected chi connectivity index (χ4v) is 5.69. The standard InChI is InChI=1S/C29H26O6/c1-17-12-13-20-21(14-17)22(15-24-26(20)28(31)35-27(24)30)23-16-25(32-18-8-4-2-5-9-18)34-29(23)33-19-10-6-3-7-11-19/h2-14,22-26,29H,15-16H2,1H3. The lowest BCUT2D eigenvalue weighted by Gasteiger charge is -2.36. The maximum atomic E-state index is 12.6. The summed E-state index contributed by atoms with van der Waals surface area (Å²) >= 11 is 0. The summed E-state index contributed by atoms with van der Waals surface area (Å²) in [4.78, 5) is 25.1. The van der Waals surface area contributed by atoms with Crippen molar-refractivity contribution in [1.29, 1.82) is 0 Å². The molecule has 3 aromatic rings. The Morgan fingerprint density at radius 2 is 1.43 bits per heavy atom. The Hall–Kier alpha value is -3.64. The average Bonchev–Trinajstić information content (AvgIpc) is 3.38. The third-order valence-corrected chi connectivity index (χ3v) is 7.27. The average molecular weight is 471 g/mol. The first-order valence-electron chi connectivity index (χ1n) is 12.0. The Bertz CT molecular complexity index is 1240. The van der Waals surface area contributed by atoms with E-state index in [1.54, 1.807) is 0 Å². The molecule has 2 fully saturated rings. The molecule has 3 aromatic carbocycles. The van der Waals surface area contributed by atoms with Crippen molar-refractivity contribution in [1.82, 2.24) is 0 Å². The molecule has 0 aromatic heterocycles. The van der Waals surface area contributed by atoms with E-state index in [1.807, 2.05) is 79.7 Å². The molecule has 6 rings (SSSR count). The molecular weight excluding hydrogens is 444 g/mol. The SMILES string of the molecule is Cc1ccc2c(c1)C(C1CC(Oc3ccccc3)OC1Oc1ccccc1)CC1C(=O)OC(=O)C21. The fourth-order valence-electron chi connectivity index (χ4n) is 5.69. The van der Waals surface area contributed by atoms with Gasteiger partial charge in [0, 0.05) is 12.3 Å². The van der Waals surface area contributed by atoms with E-state index >= 15 is 0 Å². The van der Waals surface area contributed by atoms with Crippen LogP contribution in [0.4, 0.5) is 0 Å². The summed E-state index contributed by atoms with van der Waals surface area (Å²) in [5, 5.41) is 0. The first kappa shape index (κ1) is 21.9. The van der Waals surface area contributed by atoms with Crippen molar-refractivity contribution in [3.8, 4) is 11.5 Å². The number of esters is 2. The molecule has 6 nitrogen and oxygen atoms in total. The van der Waals surface area contributed by atoms with Gasteiger partial charge in [0.05, 0.1) is 11.8 Å². The van der Waals surface area contributed by atoms with Crippen molar-refractivity contribution in [3.63, 3.8) is 0 Å². The molecule has 2 aliphatic heterocycles. The maximum Gasteiger partial charge on any atom is 0.321 e. The summed E-state index contributed by atoms with van der Waals surface area (Å²) in [6.07, 6.45) is 0.0189. The Balaban J connectivity index is 1.36. The number of hydrogen-bond acceptors (Lipinski definition) is 6. The van der Waals surface area contributed by atoms with Crippen LogP contribution in [-0.2, 0) is 19.1 Å². The minimum Gasteiger partial charge on any atom is -0.465 e. The largest absolute Gasteiger partial charge is 0.465 e. The maximum absolute atomic E-state index is 12.6. The van der Waals surface area contributed by atoms with Crippen LogP contribution in [0, 0.1) is 18.8 Å². The van der Waals surface area contributed by atoms with Gasteiger partial charge in [0.2, 0.25) is 12.6 Å². The molecule has 3 aliphatic rings. The van der Waals surface area contributed by atoms with Crippen LogP contribution < -0.4 is 9.47 Å². The zero-order valence-corrected chi connectivity index (χ0v) is 19.3. The van der Waals surface area contributed by atoms with E-state index in [0.717, 1.165) is 22.4 Å². The Labute approximate surface area is 203 Å². The second kappa shape index (κ2) is 8.86. The third kappa shape index (κ3) is 4.08. The lowest BCUT2D eigenvalue weighted by molar-refractivity contribution is -0.154. The quantitative estimate of drug-likeness (QED) is 0.381. The molecule has 0 bridgehead atoms. The predicted molar refractivity (Wildman–Crippen MR) is 127 cm³/mol. The van der Waals surface area contributed by atoms with Crippen LogP contribution in [0.15, 0.2) is 78.9 Å². The fraction of sp³-hybridized carbons (Fsp3) is 0.310. The number of carbonyl (C=O) groups excluding carboxylic acids is 2. The van der Waals surface area contributed by atoms with Crippen molar-refractivity contribution in [2.24, 2.45) is 11.8 Å². The number of cyclic esters (lactones) is 2. The number of para-hydroxylation sites is 2. The zero-order chi connectivity index (χ0) is 23.9. The number of fused-ring (bicyclic) bond motifs is 3. The first-order valence-corrected chi connectivity index (χ1v) is 12.0. The number of benzene rings is 3. The first-order chi connectivity index (χ1) is 17.1. The van der Waals surface area contributed by atoms with Gasteiger partial charge in [-0.15, -0.1) is 0 Å². The molecule has 6 atom stereocenters. The zero-order valence-electron chi connectivity index (χ0n) is 19.3. The Kier molecular flexibility index (Phi) is 5.53. The second-order valence-electron chi connectivity index (χ2n) is 9.49. The van der Waals surface area contributed by atoms with Gasteiger partial charge in [0.15, 0.2) is 0 Å². The van der Waals surface area contributed by atoms with E-state index in [1.165, 1.54) is 0 Å². The summed E-state index contributed by atoms with van der Waals surface area (Å²) in [6.45, 7) is 2.03. The molecule has 0 amide bonds. The van der Waals surface area contributed by atoms with Crippen LogP contribution in [0.25, 0.3) is 0 Å². The van der Waals surface area contributed by atoms with Crippen molar-refractivity contribution in [2.45, 2.75) is 44.2 Å². The smallest absolute Gasteiger partial charge is 0.321 e. The molecular formula is C29H26O6. The van der Waals surface area contributed by atoms with Crippen LogP contribution in [0.5, 0.6) is 11.5 Å². The van der Waals surface area contributed by atoms with E-state index in [0.29, 0.717) is 18.6 Å². The highest BCUT2D eigenvalue weighted by Gasteiger charge is 2.54. The van der Waals surface area contributed by atoms with Gasteiger partial charge in [0.25, 0.3) is 0 Å². The third-order valence-electron chi connectivity index (χ3n) is 7.27. The molecule has 0 spiro atoms. The predicted octanol–water partition coefficient (Wildman–Crippen LogP) is 5.11. The van der Waals surface area contributed by atoms with Crippen LogP contribution in [0.3, 0.4) is 0 Å². The highest BCUT2D eigenvalue weighted by Crippen LogP contribution is 2.52. The highest BCUT2D eigenvalue weighted by atomic mass is 16.8. The molecule has 0 N–H and O–H groups in total. The summed E-state index contributed by atoms with van der Waals surface area (Å²) in [5.41, 5.74) is 3.04. The number of ether oxygens (including phenoxy) is 4. The van der Waals surface area contributed by atoms with Gasteiger partial charge in [-0.05, 0) is 54.7 Å². The molecule has 35 heavy (non-hydrogen) atoms. The Morgan fingerprint density at radius 3 is 2.14 bits per heavy atom. The number of hydrogen-bond donors (Lipinski definition) is 0. The van der Waals surface area contributed by atoms with Gasteiger partial charge in [0.1, 0.15) is 11.5 Å². The molecule has 0 saturated carbocycles. The van der Waals surface area contributed by atoms with Gasteiger partial charge in [-0.2, -0.15) is 0 Å². The Morgan fingerprint density at radius 1 is 0.743 bits per heavy atom. The van der Waals surface area contributed by atoms with Gasteiger partial charge in [-0.25, -0.2) is 0 Å². The molecule has 1 aliphatic carbocycles. The van der Waals surface area contributed by atoms with Crippen molar-refractivity contribution >= 4 is 11.9 Å². The lowest BCUT2D eigenvalue weighted by atomic mass is 9.66. The van der Waals surface area contributed by atoms with E-state index in [9.17, 15) is 9.59 Å². The summed E-state index contributed by atoms with van der Waals surface area (Å²) in [7, 11) is 0. The van der Waals surface area contributed by atoms with Crippen LogP contribution >= 0.6 is 0 Å². The van der Waals surface area contributed by atoms with E-state index in [-0.39, 0.29) is 11.8 Å². The molecule has 2 saturated heterocycles.